The maximum atomic E-state index is 3.69. The van der Waals surface area contributed by atoms with Crippen LogP contribution in [0.1, 0.15) is 57.1 Å². The van der Waals surface area contributed by atoms with Gasteiger partial charge in [-0.3, -0.25) is 0 Å². The molecule has 106 valence electrons. The van der Waals surface area contributed by atoms with Crippen LogP contribution in [-0.2, 0) is 0 Å². The minimum Gasteiger partial charge on any atom is -0.310 e. The van der Waals surface area contributed by atoms with Gasteiger partial charge in [-0.15, -0.1) is 0 Å². The second-order valence-corrected chi connectivity index (χ2v) is 7.27. The van der Waals surface area contributed by atoms with E-state index in [1.165, 1.54) is 48.6 Å². The summed E-state index contributed by atoms with van der Waals surface area (Å²) in [5, 5.41) is 3.64. The van der Waals surface area contributed by atoms with Gasteiger partial charge >= 0.3 is 0 Å². The Kier molecular flexibility index (Phi) is 6.37. The van der Waals surface area contributed by atoms with Crippen molar-refractivity contribution >= 4 is 31.9 Å². The maximum absolute atomic E-state index is 3.69. The number of rotatable bonds is 6. The summed E-state index contributed by atoms with van der Waals surface area (Å²) in [4.78, 5) is 0. The van der Waals surface area contributed by atoms with Gasteiger partial charge < -0.3 is 5.32 Å². The topological polar surface area (TPSA) is 12.0 Å². The molecule has 0 aromatic heterocycles. The molecule has 0 aliphatic heterocycles. The molecule has 0 amide bonds. The van der Waals surface area contributed by atoms with Crippen molar-refractivity contribution in [2.24, 2.45) is 5.92 Å². The minimum absolute atomic E-state index is 0.470. The molecule has 3 heteroatoms. The molecule has 2 rings (SSSR count). The molecule has 0 bridgehead atoms. The fraction of sp³-hybridized carbons (Fsp3) is 0.625. The lowest BCUT2D eigenvalue weighted by Crippen LogP contribution is -2.22. The number of nitrogens with one attached hydrogen (secondary N) is 1. The average Bonchev–Trinajstić information content (AvgIpc) is 2.91. The van der Waals surface area contributed by atoms with Crippen LogP contribution in [-0.4, -0.2) is 6.54 Å². The molecule has 19 heavy (non-hydrogen) atoms. The summed E-state index contributed by atoms with van der Waals surface area (Å²) in [5.74, 6) is 0.965. The van der Waals surface area contributed by atoms with Crippen LogP contribution < -0.4 is 5.32 Å². The zero-order valence-electron chi connectivity index (χ0n) is 11.6. The van der Waals surface area contributed by atoms with E-state index in [0.29, 0.717) is 6.04 Å². The average molecular weight is 389 g/mol. The van der Waals surface area contributed by atoms with Crippen molar-refractivity contribution in [3.8, 4) is 0 Å². The van der Waals surface area contributed by atoms with Gasteiger partial charge in [0.05, 0.1) is 0 Å². The van der Waals surface area contributed by atoms with Crippen molar-refractivity contribution in [1.29, 1.82) is 0 Å². The summed E-state index contributed by atoms with van der Waals surface area (Å²) in [6, 6.07) is 6.94. The van der Waals surface area contributed by atoms with E-state index in [9.17, 15) is 0 Å². The van der Waals surface area contributed by atoms with E-state index in [0.717, 1.165) is 16.9 Å². The SMILES string of the molecule is CCNC(CCC1CCCC1)c1cc(Br)ccc1Br. The molecule has 1 unspecified atom stereocenters. The summed E-state index contributed by atoms with van der Waals surface area (Å²) >= 11 is 7.28. The molecule has 1 aliphatic rings. The largest absolute Gasteiger partial charge is 0.310 e. The molecule has 0 radical (unpaired) electrons. The third-order valence-electron chi connectivity index (χ3n) is 4.12. The highest BCUT2D eigenvalue weighted by Crippen LogP contribution is 2.34. The van der Waals surface area contributed by atoms with Crippen LogP contribution in [0.3, 0.4) is 0 Å². The summed E-state index contributed by atoms with van der Waals surface area (Å²) in [5.41, 5.74) is 1.38. The van der Waals surface area contributed by atoms with Crippen LogP contribution in [0, 0.1) is 5.92 Å². The Morgan fingerprint density at radius 2 is 2.00 bits per heavy atom. The molecular formula is C16H23Br2N. The predicted molar refractivity (Wildman–Crippen MR) is 89.5 cm³/mol. The van der Waals surface area contributed by atoms with Crippen LogP contribution in [0.2, 0.25) is 0 Å². The number of hydrogen-bond donors (Lipinski definition) is 1. The van der Waals surface area contributed by atoms with Gasteiger partial charge in [-0.1, -0.05) is 64.5 Å². The zero-order valence-corrected chi connectivity index (χ0v) is 14.8. The van der Waals surface area contributed by atoms with Crippen LogP contribution in [0.15, 0.2) is 27.1 Å². The molecule has 1 aliphatic carbocycles. The van der Waals surface area contributed by atoms with Crippen LogP contribution in [0.4, 0.5) is 0 Å². The number of halogens is 2. The first-order valence-corrected chi connectivity index (χ1v) is 8.97. The van der Waals surface area contributed by atoms with Crippen LogP contribution in [0.5, 0.6) is 0 Å². The second kappa shape index (κ2) is 7.80. The standard InChI is InChI=1S/C16H23Br2N/c1-2-19-16(10-7-12-5-3-4-6-12)14-11-13(17)8-9-15(14)18/h8-9,11-12,16,19H,2-7,10H2,1H3. The van der Waals surface area contributed by atoms with Crippen molar-refractivity contribution < 1.29 is 0 Å². The highest BCUT2D eigenvalue weighted by atomic mass is 79.9. The molecule has 1 aromatic rings. The van der Waals surface area contributed by atoms with Crippen LogP contribution >= 0.6 is 31.9 Å². The van der Waals surface area contributed by atoms with Gasteiger partial charge in [0, 0.05) is 15.0 Å². The Hall–Kier alpha value is 0.140. The van der Waals surface area contributed by atoms with Gasteiger partial charge in [0.15, 0.2) is 0 Å². The lowest BCUT2D eigenvalue weighted by molar-refractivity contribution is 0.416. The summed E-state index contributed by atoms with van der Waals surface area (Å²) in [6.45, 7) is 3.21. The van der Waals surface area contributed by atoms with Gasteiger partial charge in [0.1, 0.15) is 0 Å². The number of hydrogen-bond acceptors (Lipinski definition) is 1. The smallest absolute Gasteiger partial charge is 0.0331 e. The monoisotopic (exact) mass is 387 g/mol. The van der Waals surface area contributed by atoms with Crippen molar-refractivity contribution in [1.82, 2.24) is 5.32 Å². The summed E-state index contributed by atoms with van der Waals surface area (Å²) < 4.78 is 2.38. The molecule has 1 atom stereocenters. The molecule has 0 spiro atoms. The normalized spacial score (nSPS) is 17.8. The first-order valence-electron chi connectivity index (χ1n) is 7.39. The van der Waals surface area contributed by atoms with Crippen molar-refractivity contribution in [2.75, 3.05) is 6.54 Å². The molecule has 1 nitrogen and oxygen atoms in total. The van der Waals surface area contributed by atoms with E-state index in [1.54, 1.807) is 0 Å². The van der Waals surface area contributed by atoms with Gasteiger partial charge in [-0.25, -0.2) is 0 Å². The molecule has 1 aromatic carbocycles. The highest BCUT2D eigenvalue weighted by molar-refractivity contribution is 9.11. The lowest BCUT2D eigenvalue weighted by Gasteiger charge is -2.21. The third-order valence-corrected chi connectivity index (χ3v) is 5.34. The predicted octanol–water partition coefficient (Wildman–Crippen LogP) is 5.83. The van der Waals surface area contributed by atoms with E-state index < -0.39 is 0 Å². The van der Waals surface area contributed by atoms with Crippen molar-refractivity contribution in [2.45, 2.75) is 51.5 Å². The fourth-order valence-corrected chi connectivity index (χ4v) is 4.00. The minimum atomic E-state index is 0.470. The van der Waals surface area contributed by atoms with E-state index in [-0.39, 0.29) is 0 Å². The summed E-state index contributed by atoms with van der Waals surface area (Å²) in [6.07, 6.45) is 8.37. The molecule has 1 fully saturated rings. The Morgan fingerprint density at radius 1 is 1.26 bits per heavy atom. The zero-order chi connectivity index (χ0) is 13.7. The van der Waals surface area contributed by atoms with Gasteiger partial charge in [0.2, 0.25) is 0 Å². The Bertz CT molecular complexity index is 400. The molecular weight excluding hydrogens is 366 g/mol. The van der Waals surface area contributed by atoms with E-state index in [1.807, 2.05) is 0 Å². The molecule has 0 saturated heterocycles. The van der Waals surface area contributed by atoms with Crippen molar-refractivity contribution in [3.63, 3.8) is 0 Å². The quantitative estimate of drug-likeness (QED) is 0.645. The van der Waals surface area contributed by atoms with Crippen molar-refractivity contribution in [3.05, 3.63) is 32.7 Å². The first kappa shape index (κ1) is 15.5. The summed E-state index contributed by atoms with van der Waals surface area (Å²) in [7, 11) is 0. The van der Waals surface area contributed by atoms with Gasteiger partial charge in [-0.05, 0) is 49.1 Å². The maximum Gasteiger partial charge on any atom is 0.0331 e. The van der Waals surface area contributed by atoms with E-state index >= 15 is 0 Å². The van der Waals surface area contributed by atoms with E-state index in [4.69, 9.17) is 0 Å². The Morgan fingerprint density at radius 3 is 2.68 bits per heavy atom. The van der Waals surface area contributed by atoms with Crippen LogP contribution in [0.25, 0.3) is 0 Å². The first-order chi connectivity index (χ1) is 9.20. The van der Waals surface area contributed by atoms with Gasteiger partial charge in [-0.2, -0.15) is 0 Å². The second-order valence-electron chi connectivity index (χ2n) is 5.50. The van der Waals surface area contributed by atoms with E-state index in [2.05, 4.69) is 62.3 Å². The molecule has 1 saturated carbocycles. The molecule has 0 heterocycles. The highest BCUT2D eigenvalue weighted by Gasteiger charge is 2.19. The van der Waals surface area contributed by atoms with Gasteiger partial charge in [0.25, 0.3) is 0 Å². The Labute approximate surface area is 133 Å². The fourth-order valence-electron chi connectivity index (χ4n) is 3.10. The third kappa shape index (κ3) is 4.57. The number of benzene rings is 1. The Balaban J connectivity index is 2.03. The lowest BCUT2D eigenvalue weighted by atomic mass is 9.95. The molecule has 1 N–H and O–H groups in total.